The highest BCUT2D eigenvalue weighted by Gasteiger charge is 2.18. The number of nitrogens with zero attached hydrogens (tertiary/aromatic N) is 2. The summed E-state index contributed by atoms with van der Waals surface area (Å²) in [5, 5.41) is 0. The van der Waals surface area contributed by atoms with E-state index in [0.717, 1.165) is 17.9 Å². The molecule has 1 aromatic heterocycles. The summed E-state index contributed by atoms with van der Waals surface area (Å²) < 4.78 is 16.3. The van der Waals surface area contributed by atoms with Crippen LogP contribution in [0, 0.1) is 11.7 Å². The molecule has 0 atom stereocenters. The zero-order chi connectivity index (χ0) is 14.1. The van der Waals surface area contributed by atoms with Crippen LogP contribution in [0.5, 0.6) is 0 Å². The second-order valence-corrected chi connectivity index (χ2v) is 6.65. The summed E-state index contributed by atoms with van der Waals surface area (Å²) in [4.78, 5) is 4.47. The van der Waals surface area contributed by atoms with Crippen LogP contribution in [0.15, 0.2) is 16.6 Å². The first-order valence-electron chi connectivity index (χ1n) is 7.09. The number of aromatic nitrogens is 2. The van der Waals surface area contributed by atoms with Gasteiger partial charge in [0.1, 0.15) is 11.6 Å². The lowest BCUT2D eigenvalue weighted by molar-refractivity contribution is 0.320. The Kier molecular flexibility index (Phi) is 4.32. The van der Waals surface area contributed by atoms with E-state index in [0.29, 0.717) is 21.8 Å². The molecule has 0 N–H and O–H groups in total. The van der Waals surface area contributed by atoms with Gasteiger partial charge in [-0.25, -0.2) is 9.37 Å². The second-order valence-electron chi connectivity index (χ2n) is 5.53. The quantitative estimate of drug-likeness (QED) is 0.684. The van der Waals surface area contributed by atoms with Crippen molar-refractivity contribution in [2.75, 3.05) is 0 Å². The minimum atomic E-state index is -0.277. The Morgan fingerprint density at radius 1 is 1.30 bits per heavy atom. The molecule has 1 fully saturated rings. The maximum absolute atomic E-state index is 13.6. The molecule has 0 spiro atoms. The molecule has 0 unspecified atom stereocenters. The van der Waals surface area contributed by atoms with Gasteiger partial charge >= 0.3 is 0 Å². The summed E-state index contributed by atoms with van der Waals surface area (Å²) in [6, 6.07) is 3.30. The second kappa shape index (κ2) is 6.02. The summed E-state index contributed by atoms with van der Waals surface area (Å²) in [5.74, 6) is 1.61. The summed E-state index contributed by atoms with van der Waals surface area (Å²) in [7, 11) is 0. The number of alkyl halides is 1. The fraction of sp³-hybridized carbons (Fsp3) is 0.533. The van der Waals surface area contributed by atoms with Gasteiger partial charge in [-0.2, -0.15) is 0 Å². The fourth-order valence-electron chi connectivity index (χ4n) is 3.10. The lowest BCUT2D eigenvalue weighted by atomic mass is 9.89. The van der Waals surface area contributed by atoms with Gasteiger partial charge in [-0.05, 0) is 40.8 Å². The smallest absolute Gasteiger partial charge is 0.139 e. The van der Waals surface area contributed by atoms with Gasteiger partial charge in [-0.15, -0.1) is 11.6 Å². The van der Waals surface area contributed by atoms with Crippen LogP contribution >= 0.6 is 27.5 Å². The summed E-state index contributed by atoms with van der Waals surface area (Å²) in [5.41, 5.74) is 1.66. The zero-order valence-corrected chi connectivity index (χ0v) is 13.6. The van der Waals surface area contributed by atoms with Crippen LogP contribution in [0.1, 0.15) is 37.9 Å². The third kappa shape index (κ3) is 2.73. The van der Waals surface area contributed by atoms with Crippen molar-refractivity contribution in [3.05, 3.63) is 28.2 Å². The first-order valence-corrected chi connectivity index (χ1v) is 8.42. The third-order valence-electron chi connectivity index (χ3n) is 4.15. The lowest BCUT2D eigenvalue weighted by Gasteiger charge is -2.23. The molecule has 0 saturated heterocycles. The highest BCUT2D eigenvalue weighted by atomic mass is 79.9. The molecule has 0 aliphatic heterocycles. The molecule has 1 aromatic carbocycles. The van der Waals surface area contributed by atoms with Crippen LogP contribution in [0.4, 0.5) is 4.39 Å². The maximum atomic E-state index is 13.6. The van der Waals surface area contributed by atoms with Gasteiger partial charge in [0.2, 0.25) is 0 Å². The minimum Gasteiger partial charge on any atom is -0.327 e. The van der Waals surface area contributed by atoms with Crippen molar-refractivity contribution in [1.29, 1.82) is 0 Å². The van der Waals surface area contributed by atoms with Gasteiger partial charge in [-0.3, -0.25) is 0 Å². The summed E-state index contributed by atoms with van der Waals surface area (Å²) in [6.45, 7) is 0.941. The van der Waals surface area contributed by atoms with E-state index < -0.39 is 0 Å². The van der Waals surface area contributed by atoms with Crippen molar-refractivity contribution in [2.24, 2.45) is 5.92 Å². The first-order chi connectivity index (χ1) is 9.69. The van der Waals surface area contributed by atoms with E-state index in [1.165, 1.54) is 38.2 Å². The number of halogens is 3. The van der Waals surface area contributed by atoms with E-state index >= 15 is 0 Å². The molecule has 1 heterocycles. The molecule has 2 aromatic rings. The van der Waals surface area contributed by atoms with Crippen LogP contribution in [0.2, 0.25) is 0 Å². The highest BCUT2D eigenvalue weighted by molar-refractivity contribution is 9.10. The van der Waals surface area contributed by atoms with E-state index in [-0.39, 0.29) is 5.82 Å². The Hall–Kier alpha value is -0.610. The molecule has 0 radical (unpaired) electrons. The predicted octanol–water partition coefficient (Wildman–Crippen LogP) is 5.26. The van der Waals surface area contributed by atoms with Crippen LogP contribution in [0.3, 0.4) is 0 Å². The standard InChI is InChI=1S/C15H17BrClFN2/c16-11-6-14-13(7-12(11)18)19-15(8-17)20(14)9-10-4-2-1-3-5-10/h6-7,10H,1-5,8-9H2. The van der Waals surface area contributed by atoms with E-state index in [4.69, 9.17) is 11.6 Å². The first kappa shape index (κ1) is 14.3. The van der Waals surface area contributed by atoms with Crippen molar-refractivity contribution in [1.82, 2.24) is 9.55 Å². The Morgan fingerprint density at radius 2 is 2.05 bits per heavy atom. The lowest BCUT2D eigenvalue weighted by Crippen LogP contribution is -2.15. The van der Waals surface area contributed by atoms with E-state index in [9.17, 15) is 4.39 Å². The van der Waals surface area contributed by atoms with E-state index in [1.807, 2.05) is 6.07 Å². The number of benzene rings is 1. The molecule has 2 nitrogen and oxygen atoms in total. The van der Waals surface area contributed by atoms with Crippen molar-refractivity contribution in [3.63, 3.8) is 0 Å². The molecule has 1 aliphatic rings. The molecular formula is C15H17BrClFN2. The molecule has 20 heavy (non-hydrogen) atoms. The number of imidazole rings is 1. The zero-order valence-electron chi connectivity index (χ0n) is 11.2. The Morgan fingerprint density at radius 3 is 2.75 bits per heavy atom. The molecule has 5 heteroatoms. The van der Waals surface area contributed by atoms with Gasteiger partial charge in [-0.1, -0.05) is 19.3 Å². The maximum Gasteiger partial charge on any atom is 0.139 e. The Bertz CT molecular complexity index is 620. The molecule has 3 rings (SSSR count). The monoisotopic (exact) mass is 358 g/mol. The van der Waals surface area contributed by atoms with E-state index in [1.54, 1.807) is 0 Å². The van der Waals surface area contributed by atoms with Gasteiger partial charge in [0.15, 0.2) is 0 Å². The summed E-state index contributed by atoms with van der Waals surface area (Å²) >= 11 is 9.27. The van der Waals surface area contributed by atoms with Gasteiger partial charge in [0.05, 0.1) is 21.4 Å². The molecule has 108 valence electrons. The van der Waals surface area contributed by atoms with Crippen molar-refractivity contribution < 1.29 is 4.39 Å². The minimum absolute atomic E-state index is 0.277. The van der Waals surface area contributed by atoms with Gasteiger partial charge in [0, 0.05) is 12.6 Å². The number of hydrogen-bond donors (Lipinski definition) is 0. The number of rotatable bonds is 3. The normalized spacial score (nSPS) is 16.9. The Labute approximate surface area is 131 Å². The highest BCUT2D eigenvalue weighted by Crippen LogP contribution is 2.29. The average Bonchev–Trinajstić information content (AvgIpc) is 2.78. The van der Waals surface area contributed by atoms with Crippen LogP contribution < -0.4 is 0 Å². The predicted molar refractivity (Wildman–Crippen MR) is 83.5 cm³/mol. The van der Waals surface area contributed by atoms with Crippen molar-refractivity contribution in [3.8, 4) is 0 Å². The van der Waals surface area contributed by atoms with Gasteiger partial charge in [0.25, 0.3) is 0 Å². The van der Waals surface area contributed by atoms with E-state index in [2.05, 4.69) is 25.5 Å². The van der Waals surface area contributed by atoms with Crippen molar-refractivity contribution >= 4 is 38.6 Å². The van der Waals surface area contributed by atoms with Crippen molar-refractivity contribution in [2.45, 2.75) is 44.5 Å². The molecule has 1 aliphatic carbocycles. The summed E-state index contributed by atoms with van der Waals surface area (Å²) in [6.07, 6.45) is 6.51. The van der Waals surface area contributed by atoms with Crippen LogP contribution in [0.25, 0.3) is 11.0 Å². The average molecular weight is 360 g/mol. The topological polar surface area (TPSA) is 17.8 Å². The molecule has 1 saturated carbocycles. The molecular weight excluding hydrogens is 343 g/mol. The number of fused-ring (bicyclic) bond motifs is 1. The Balaban J connectivity index is 2.00. The third-order valence-corrected chi connectivity index (χ3v) is 5.00. The molecule has 0 bridgehead atoms. The van der Waals surface area contributed by atoms with Crippen LogP contribution in [-0.2, 0) is 12.4 Å². The number of hydrogen-bond acceptors (Lipinski definition) is 1. The molecule has 0 amide bonds. The fourth-order valence-corrected chi connectivity index (χ4v) is 3.64. The van der Waals surface area contributed by atoms with Gasteiger partial charge < -0.3 is 4.57 Å². The van der Waals surface area contributed by atoms with Crippen LogP contribution in [-0.4, -0.2) is 9.55 Å². The largest absolute Gasteiger partial charge is 0.327 e. The SMILES string of the molecule is Fc1cc2nc(CCl)n(CC3CCCCC3)c2cc1Br.